The number of amides is 1. The highest BCUT2D eigenvalue weighted by Gasteiger charge is 2.10. The van der Waals surface area contributed by atoms with Gasteiger partial charge in [-0.1, -0.05) is 28.9 Å². The SMILES string of the molecule is CCC(=O)NC(=S)Nc1ccc2oc(-c3cccc(Br)c3)nc2c1. The van der Waals surface area contributed by atoms with E-state index in [1.165, 1.54) is 0 Å². The topological polar surface area (TPSA) is 67.2 Å². The fourth-order valence-electron chi connectivity index (χ4n) is 2.13. The number of oxazole rings is 1. The molecule has 0 unspecified atom stereocenters. The van der Waals surface area contributed by atoms with Crippen LogP contribution < -0.4 is 10.6 Å². The van der Waals surface area contributed by atoms with Gasteiger partial charge in [-0.05, 0) is 48.6 Å². The molecule has 0 saturated carbocycles. The highest BCUT2D eigenvalue weighted by Crippen LogP contribution is 2.27. The number of nitrogens with zero attached hydrogens (tertiary/aromatic N) is 1. The molecule has 3 aromatic rings. The molecule has 0 saturated heterocycles. The molecule has 0 aliphatic heterocycles. The smallest absolute Gasteiger partial charge is 0.227 e. The van der Waals surface area contributed by atoms with E-state index in [2.05, 4.69) is 31.5 Å². The van der Waals surface area contributed by atoms with Crippen LogP contribution in [0.25, 0.3) is 22.6 Å². The van der Waals surface area contributed by atoms with Crippen molar-refractivity contribution >= 4 is 56.0 Å². The van der Waals surface area contributed by atoms with Crippen molar-refractivity contribution in [2.24, 2.45) is 0 Å². The first-order chi connectivity index (χ1) is 11.5. The third kappa shape index (κ3) is 3.80. The van der Waals surface area contributed by atoms with Crippen LogP contribution in [-0.2, 0) is 4.79 Å². The molecule has 2 aromatic carbocycles. The number of fused-ring (bicyclic) bond motifs is 1. The molecule has 1 heterocycles. The molecular weight excluding hydrogens is 390 g/mol. The molecule has 24 heavy (non-hydrogen) atoms. The molecule has 2 N–H and O–H groups in total. The first kappa shape index (κ1) is 16.6. The average Bonchev–Trinajstić information content (AvgIpc) is 2.98. The number of rotatable bonds is 3. The van der Waals surface area contributed by atoms with Gasteiger partial charge in [-0.15, -0.1) is 0 Å². The molecule has 0 fully saturated rings. The van der Waals surface area contributed by atoms with Crippen LogP contribution in [0.15, 0.2) is 51.4 Å². The first-order valence-corrected chi connectivity index (χ1v) is 8.52. The van der Waals surface area contributed by atoms with Gasteiger partial charge in [0.15, 0.2) is 10.7 Å². The normalized spacial score (nSPS) is 10.6. The van der Waals surface area contributed by atoms with Crippen molar-refractivity contribution in [3.8, 4) is 11.5 Å². The molecular formula is C17H14BrN3O2S. The van der Waals surface area contributed by atoms with Crippen LogP contribution in [0.5, 0.6) is 0 Å². The summed E-state index contributed by atoms with van der Waals surface area (Å²) in [5, 5.41) is 5.82. The van der Waals surface area contributed by atoms with Crippen molar-refractivity contribution in [3.63, 3.8) is 0 Å². The van der Waals surface area contributed by atoms with E-state index in [9.17, 15) is 4.79 Å². The minimum atomic E-state index is -0.132. The fraction of sp³-hybridized carbons (Fsp3) is 0.118. The lowest BCUT2D eigenvalue weighted by Gasteiger charge is -2.08. The van der Waals surface area contributed by atoms with E-state index in [4.69, 9.17) is 16.6 Å². The monoisotopic (exact) mass is 403 g/mol. The third-order valence-electron chi connectivity index (χ3n) is 3.29. The standard InChI is InChI=1S/C17H14BrN3O2S/c1-2-15(22)21-17(24)19-12-6-7-14-13(9-12)20-16(23-14)10-4-3-5-11(18)8-10/h3-9H,2H2,1H3,(H2,19,21,22,24). The van der Waals surface area contributed by atoms with E-state index in [1.807, 2.05) is 42.5 Å². The van der Waals surface area contributed by atoms with E-state index in [1.54, 1.807) is 6.92 Å². The maximum atomic E-state index is 11.3. The largest absolute Gasteiger partial charge is 0.436 e. The van der Waals surface area contributed by atoms with Gasteiger partial charge in [0.05, 0.1) is 0 Å². The summed E-state index contributed by atoms with van der Waals surface area (Å²) in [4.78, 5) is 15.9. The second kappa shape index (κ2) is 7.11. The van der Waals surface area contributed by atoms with Crippen LogP contribution in [-0.4, -0.2) is 16.0 Å². The lowest BCUT2D eigenvalue weighted by atomic mass is 10.2. The van der Waals surface area contributed by atoms with Crippen LogP contribution in [0.4, 0.5) is 5.69 Å². The van der Waals surface area contributed by atoms with Gasteiger partial charge in [-0.25, -0.2) is 4.98 Å². The number of halogens is 1. The summed E-state index contributed by atoms with van der Waals surface area (Å²) in [6.07, 6.45) is 0.375. The zero-order valence-electron chi connectivity index (χ0n) is 12.8. The zero-order chi connectivity index (χ0) is 17.1. The highest BCUT2D eigenvalue weighted by atomic mass is 79.9. The Balaban J connectivity index is 1.84. The Morgan fingerprint density at radius 2 is 2.12 bits per heavy atom. The molecule has 5 nitrogen and oxygen atoms in total. The Morgan fingerprint density at radius 3 is 2.88 bits per heavy atom. The molecule has 1 aromatic heterocycles. The summed E-state index contributed by atoms with van der Waals surface area (Å²) < 4.78 is 6.75. The van der Waals surface area contributed by atoms with Gasteiger partial charge >= 0.3 is 0 Å². The first-order valence-electron chi connectivity index (χ1n) is 7.32. The number of hydrogen-bond donors (Lipinski definition) is 2. The number of anilines is 1. The second-order valence-electron chi connectivity index (χ2n) is 5.07. The van der Waals surface area contributed by atoms with Gasteiger partial charge in [0, 0.05) is 22.1 Å². The molecule has 0 radical (unpaired) electrons. The summed E-state index contributed by atoms with van der Waals surface area (Å²) >= 11 is 8.54. The zero-order valence-corrected chi connectivity index (χ0v) is 15.2. The highest BCUT2D eigenvalue weighted by molar-refractivity contribution is 9.10. The molecule has 3 rings (SSSR count). The fourth-order valence-corrected chi connectivity index (χ4v) is 2.76. The van der Waals surface area contributed by atoms with Crippen LogP contribution in [0.1, 0.15) is 13.3 Å². The average molecular weight is 404 g/mol. The Labute approximate surface area is 152 Å². The summed E-state index contributed by atoms with van der Waals surface area (Å²) in [5.41, 5.74) is 3.01. The van der Waals surface area contributed by atoms with Crippen molar-refractivity contribution in [2.75, 3.05) is 5.32 Å². The van der Waals surface area contributed by atoms with Gasteiger partial charge in [-0.3, -0.25) is 4.79 Å². The van der Waals surface area contributed by atoms with Gasteiger partial charge in [0.25, 0.3) is 0 Å². The predicted molar refractivity (Wildman–Crippen MR) is 102 cm³/mol. The molecule has 0 aliphatic carbocycles. The second-order valence-corrected chi connectivity index (χ2v) is 6.39. The maximum absolute atomic E-state index is 11.3. The molecule has 0 spiro atoms. The van der Waals surface area contributed by atoms with Gasteiger partial charge in [-0.2, -0.15) is 0 Å². The number of carbonyl (C=O) groups is 1. The predicted octanol–water partition coefficient (Wildman–Crippen LogP) is 4.48. The molecule has 122 valence electrons. The number of aromatic nitrogens is 1. The maximum Gasteiger partial charge on any atom is 0.227 e. The summed E-state index contributed by atoms with van der Waals surface area (Å²) in [5.74, 6) is 0.414. The van der Waals surface area contributed by atoms with E-state index in [0.29, 0.717) is 23.4 Å². The number of nitrogens with one attached hydrogen (secondary N) is 2. The molecule has 0 atom stereocenters. The summed E-state index contributed by atoms with van der Waals surface area (Å²) in [6, 6.07) is 13.2. The quantitative estimate of drug-likeness (QED) is 0.630. The molecule has 1 amide bonds. The third-order valence-corrected chi connectivity index (χ3v) is 3.99. The van der Waals surface area contributed by atoms with Crippen LogP contribution in [0.3, 0.4) is 0 Å². The number of hydrogen-bond acceptors (Lipinski definition) is 4. The molecule has 0 bridgehead atoms. The summed E-state index contributed by atoms with van der Waals surface area (Å²) in [6.45, 7) is 1.77. The Bertz CT molecular complexity index is 923. The number of thiocarbonyl (C=S) groups is 1. The van der Waals surface area contributed by atoms with Crippen LogP contribution in [0.2, 0.25) is 0 Å². The Kier molecular flexibility index (Phi) is 4.92. The van der Waals surface area contributed by atoms with Gasteiger partial charge < -0.3 is 15.1 Å². The Morgan fingerprint density at radius 1 is 1.29 bits per heavy atom. The molecule has 0 aliphatic rings. The number of benzene rings is 2. The lowest BCUT2D eigenvalue weighted by Crippen LogP contribution is -2.33. The minimum absolute atomic E-state index is 0.132. The van der Waals surface area contributed by atoms with Crippen LogP contribution >= 0.6 is 28.1 Å². The van der Waals surface area contributed by atoms with E-state index < -0.39 is 0 Å². The van der Waals surface area contributed by atoms with Crippen molar-refractivity contribution in [2.45, 2.75) is 13.3 Å². The Hall–Kier alpha value is -2.25. The van der Waals surface area contributed by atoms with E-state index in [-0.39, 0.29) is 11.0 Å². The van der Waals surface area contributed by atoms with E-state index in [0.717, 1.165) is 15.7 Å². The molecule has 7 heteroatoms. The number of carbonyl (C=O) groups excluding carboxylic acids is 1. The van der Waals surface area contributed by atoms with Gasteiger partial charge in [0.1, 0.15) is 5.52 Å². The van der Waals surface area contributed by atoms with Crippen molar-refractivity contribution < 1.29 is 9.21 Å². The van der Waals surface area contributed by atoms with E-state index >= 15 is 0 Å². The summed E-state index contributed by atoms with van der Waals surface area (Å²) in [7, 11) is 0. The van der Waals surface area contributed by atoms with Crippen molar-refractivity contribution in [3.05, 3.63) is 46.9 Å². The van der Waals surface area contributed by atoms with Gasteiger partial charge in [0.2, 0.25) is 11.8 Å². The lowest BCUT2D eigenvalue weighted by molar-refractivity contribution is -0.119. The van der Waals surface area contributed by atoms with Crippen molar-refractivity contribution in [1.82, 2.24) is 10.3 Å². The van der Waals surface area contributed by atoms with Crippen LogP contribution in [0, 0.1) is 0 Å². The minimum Gasteiger partial charge on any atom is -0.436 e. The van der Waals surface area contributed by atoms with Crippen molar-refractivity contribution in [1.29, 1.82) is 0 Å².